The van der Waals surface area contributed by atoms with E-state index in [0.29, 0.717) is 5.69 Å². The lowest BCUT2D eigenvalue weighted by atomic mass is 10.2. The number of nitrogens with two attached hydrogens (primary N) is 1. The first-order valence-corrected chi connectivity index (χ1v) is 7.44. The quantitative estimate of drug-likeness (QED) is 0.886. The molecule has 0 radical (unpaired) electrons. The van der Waals surface area contributed by atoms with Gasteiger partial charge in [0.2, 0.25) is 0 Å². The summed E-state index contributed by atoms with van der Waals surface area (Å²) < 4.78 is 37.6. The standard InChI is InChI=1S/C13H11ClFNO2S/c14-13-9(3-1-6-12(13)15)8-19(17,18)11-5-2-4-10(16)7-11/h1-7H,8,16H2. The number of hydrogen-bond donors (Lipinski definition) is 1. The first-order chi connectivity index (χ1) is 8.90. The summed E-state index contributed by atoms with van der Waals surface area (Å²) in [6.07, 6.45) is 0. The summed E-state index contributed by atoms with van der Waals surface area (Å²) in [5.74, 6) is -1.01. The molecule has 0 bridgehead atoms. The molecule has 3 nitrogen and oxygen atoms in total. The molecule has 6 heteroatoms. The van der Waals surface area contributed by atoms with Crippen molar-refractivity contribution in [2.45, 2.75) is 10.6 Å². The van der Waals surface area contributed by atoms with E-state index in [0.717, 1.165) is 0 Å². The lowest BCUT2D eigenvalue weighted by Gasteiger charge is -2.07. The minimum Gasteiger partial charge on any atom is -0.399 e. The van der Waals surface area contributed by atoms with Crippen molar-refractivity contribution in [1.29, 1.82) is 0 Å². The Morgan fingerprint density at radius 3 is 2.53 bits per heavy atom. The molecule has 0 aliphatic carbocycles. The molecule has 19 heavy (non-hydrogen) atoms. The Morgan fingerprint density at radius 2 is 1.84 bits per heavy atom. The van der Waals surface area contributed by atoms with Crippen LogP contribution in [-0.2, 0) is 15.6 Å². The van der Waals surface area contributed by atoms with Gasteiger partial charge in [-0.25, -0.2) is 12.8 Å². The van der Waals surface area contributed by atoms with Crippen molar-refractivity contribution in [1.82, 2.24) is 0 Å². The molecule has 0 aliphatic heterocycles. The number of nitrogen functional groups attached to an aromatic ring is 1. The van der Waals surface area contributed by atoms with E-state index in [-0.39, 0.29) is 21.2 Å². The summed E-state index contributed by atoms with van der Waals surface area (Å²) in [6.45, 7) is 0. The highest BCUT2D eigenvalue weighted by molar-refractivity contribution is 7.90. The fourth-order valence-corrected chi connectivity index (χ4v) is 3.35. The first kappa shape index (κ1) is 13.8. The van der Waals surface area contributed by atoms with Crippen molar-refractivity contribution < 1.29 is 12.8 Å². The van der Waals surface area contributed by atoms with Gasteiger partial charge in [-0.2, -0.15) is 0 Å². The van der Waals surface area contributed by atoms with Crippen molar-refractivity contribution in [2.24, 2.45) is 0 Å². The minimum atomic E-state index is -3.61. The van der Waals surface area contributed by atoms with Crippen LogP contribution in [0.15, 0.2) is 47.4 Å². The van der Waals surface area contributed by atoms with E-state index in [2.05, 4.69) is 0 Å². The zero-order chi connectivity index (χ0) is 14.0. The third-order valence-electron chi connectivity index (χ3n) is 2.59. The largest absolute Gasteiger partial charge is 0.399 e. The maximum Gasteiger partial charge on any atom is 0.182 e. The first-order valence-electron chi connectivity index (χ1n) is 5.41. The maximum absolute atomic E-state index is 13.3. The Kier molecular flexibility index (Phi) is 3.78. The molecular formula is C13H11ClFNO2S. The van der Waals surface area contributed by atoms with Gasteiger partial charge in [0.05, 0.1) is 15.7 Å². The molecule has 100 valence electrons. The van der Waals surface area contributed by atoms with Gasteiger partial charge in [0.1, 0.15) is 5.82 Å². The van der Waals surface area contributed by atoms with E-state index in [1.807, 2.05) is 0 Å². The molecule has 0 aromatic heterocycles. The molecule has 0 saturated carbocycles. The van der Waals surface area contributed by atoms with E-state index >= 15 is 0 Å². The Labute approximate surface area is 115 Å². The molecular weight excluding hydrogens is 289 g/mol. The summed E-state index contributed by atoms with van der Waals surface area (Å²) in [5.41, 5.74) is 6.13. The van der Waals surface area contributed by atoms with Crippen LogP contribution in [0.4, 0.5) is 10.1 Å². The van der Waals surface area contributed by atoms with Gasteiger partial charge in [-0.1, -0.05) is 29.8 Å². The number of halogens is 2. The van der Waals surface area contributed by atoms with Gasteiger partial charge < -0.3 is 5.73 Å². The van der Waals surface area contributed by atoms with E-state index in [1.54, 1.807) is 12.1 Å². The zero-order valence-corrected chi connectivity index (χ0v) is 11.4. The molecule has 0 spiro atoms. The predicted molar refractivity (Wildman–Crippen MR) is 73.2 cm³/mol. The van der Waals surface area contributed by atoms with Crippen molar-refractivity contribution in [2.75, 3.05) is 5.73 Å². The van der Waals surface area contributed by atoms with Gasteiger partial charge in [-0.05, 0) is 29.8 Å². The second kappa shape index (κ2) is 5.19. The van der Waals surface area contributed by atoms with Crippen LogP contribution in [0.2, 0.25) is 5.02 Å². The number of benzene rings is 2. The smallest absolute Gasteiger partial charge is 0.182 e. The summed E-state index contributed by atoms with van der Waals surface area (Å²) in [4.78, 5) is 0.0906. The third-order valence-corrected chi connectivity index (χ3v) is 4.68. The number of hydrogen-bond acceptors (Lipinski definition) is 3. The van der Waals surface area contributed by atoms with Crippen LogP contribution in [0.3, 0.4) is 0 Å². The van der Waals surface area contributed by atoms with E-state index < -0.39 is 15.7 Å². The van der Waals surface area contributed by atoms with E-state index in [1.165, 1.54) is 30.3 Å². The minimum absolute atomic E-state index is 0.0906. The van der Waals surface area contributed by atoms with Crippen LogP contribution in [0.25, 0.3) is 0 Å². The predicted octanol–water partition coefficient (Wildman–Crippen LogP) is 3.04. The molecule has 2 N–H and O–H groups in total. The fraction of sp³-hybridized carbons (Fsp3) is 0.0769. The van der Waals surface area contributed by atoms with Gasteiger partial charge in [-0.15, -0.1) is 0 Å². The summed E-state index contributed by atoms with van der Waals surface area (Å²) in [5, 5.41) is -0.171. The van der Waals surface area contributed by atoms with Crippen LogP contribution < -0.4 is 5.73 Å². The maximum atomic E-state index is 13.3. The fourth-order valence-electron chi connectivity index (χ4n) is 1.66. The van der Waals surface area contributed by atoms with Crippen LogP contribution in [0, 0.1) is 5.82 Å². The van der Waals surface area contributed by atoms with Crippen molar-refractivity contribution in [3.8, 4) is 0 Å². The average Bonchev–Trinajstić information content (AvgIpc) is 2.35. The van der Waals surface area contributed by atoms with E-state index in [4.69, 9.17) is 17.3 Å². The highest BCUT2D eigenvalue weighted by Crippen LogP contribution is 2.25. The molecule has 0 fully saturated rings. The average molecular weight is 300 g/mol. The van der Waals surface area contributed by atoms with Crippen LogP contribution in [-0.4, -0.2) is 8.42 Å². The van der Waals surface area contributed by atoms with Gasteiger partial charge in [0.25, 0.3) is 0 Å². The molecule has 2 aromatic rings. The second-order valence-corrected chi connectivity index (χ2v) is 6.41. The number of sulfone groups is 1. The molecule has 2 rings (SSSR count). The lowest BCUT2D eigenvalue weighted by molar-refractivity contribution is 0.594. The molecule has 0 unspecified atom stereocenters. The highest BCUT2D eigenvalue weighted by atomic mass is 35.5. The topological polar surface area (TPSA) is 60.2 Å². The lowest BCUT2D eigenvalue weighted by Crippen LogP contribution is -2.06. The van der Waals surface area contributed by atoms with Gasteiger partial charge in [0, 0.05) is 5.69 Å². The Hall–Kier alpha value is -1.59. The molecule has 0 saturated heterocycles. The Balaban J connectivity index is 2.39. The van der Waals surface area contributed by atoms with Crippen LogP contribution in [0.1, 0.15) is 5.56 Å². The summed E-state index contributed by atoms with van der Waals surface area (Å²) in [7, 11) is -3.61. The van der Waals surface area contributed by atoms with Crippen molar-refractivity contribution in [3.63, 3.8) is 0 Å². The Bertz CT molecular complexity index is 716. The molecule has 2 aromatic carbocycles. The normalized spacial score (nSPS) is 11.5. The Morgan fingerprint density at radius 1 is 1.16 bits per heavy atom. The molecule has 0 heterocycles. The van der Waals surface area contributed by atoms with Crippen molar-refractivity contribution in [3.05, 3.63) is 58.9 Å². The molecule has 0 amide bonds. The summed E-state index contributed by atoms with van der Waals surface area (Å²) >= 11 is 5.75. The summed E-state index contributed by atoms with van der Waals surface area (Å²) in [6, 6.07) is 10.0. The number of rotatable bonds is 3. The van der Waals surface area contributed by atoms with Crippen molar-refractivity contribution >= 4 is 27.1 Å². The monoisotopic (exact) mass is 299 g/mol. The van der Waals surface area contributed by atoms with Gasteiger partial charge >= 0.3 is 0 Å². The number of anilines is 1. The second-order valence-electron chi connectivity index (χ2n) is 4.04. The highest BCUT2D eigenvalue weighted by Gasteiger charge is 2.18. The van der Waals surface area contributed by atoms with E-state index in [9.17, 15) is 12.8 Å². The van der Waals surface area contributed by atoms with Gasteiger partial charge in [-0.3, -0.25) is 0 Å². The van der Waals surface area contributed by atoms with Crippen LogP contribution in [0.5, 0.6) is 0 Å². The molecule has 0 aliphatic rings. The van der Waals surface area contributed by atoms with Gasteiger partial charge in [0.15, 0.2) is 9.84 Å². The molecule has 0 atom stereocenters. The SMILES string of the molecule is Nc1cccc(S(=O)(=O)Cc2cccc(F)c2Cl)c1. The third kappa shape index (κ3) is 3.05. The van der Waals surface area contributed by atoms with Crippen LogP contribution >= 0.6 is 11.6 Å². The zero-order valence-electron chi connectivity index (χ0n) is 9.81.